The van der Waals surface area contributed by atoms with Crippen LogP contribution in [0.5, 0.6) is 0 Å². The lowest BCUT2D eigenvalue weighted by atomic mass is 10.1. The molecule has 6 heteroatoms. The molecule has 1 N–H and O–H groups in total. The van der Waals surface area contributed by atoms with Crippen molar-refractivity contribution in [2.24, 2.45) is 0 Å². The summed E-state index contributed by atoms with van der Waals surface area (Å²) in [6.45, 7) is 6.51. The van der Waals surface area contributed by atoms with Gasteiger partial charge in [0.05, 0.1) is 12.1 Å². The van der Waals surface area contributed by atoms with Crippen molar-refractivity contribution in [3.8, 4) is 0 Å². The summed E-state index contributed by atoms with van der Waals surface area (Å²) >= 11 is 0. The van der Waals surface area contributed by atoms with E-state index in [1.165, 1.54) is 0 Å². The van der Waals surface area contributed by atoms with E-state index in [2.05, 4.69) is 27.8 Å². The summed E-state index contributed by atoms with van der Waals surface area (Å²) in [5.74, 6) is 0.0937. The van der Waals surface area contributed by atoms with Gasteiger partial charge in [0.1, 0.15) is 0 Å². The minimum absolute atomic E-state index is 0.0182. The Kier molecular flexibility index (Phi) is 6.14. The van der Waals surface area contributed by atoms with Crippen molar-refractivity contribution in [2.45, 2.75) is 20.0 Å². The standard InChI is InChI=1S/C24H28N4O2/c1-2-27-17-21(20-10-6-7-11-22(20)27)24(30)28-14-12-26(13-15-28)18-23(29)25-16-19-8-4-3-5-9-19/h3-11,17H,2,12-16,18H2,1H3,(H,25,29). The number of piperazine rings is 1. The number of carbonyl (C=O) groups excluding carboxylic acids is 2. The molecule has 4 rings (SSSR count). The van der Waals surface area contributed by atoms with E-state index >= 15 is 0 Å². The van der Waals surface area contributed by atoms with Crippen LogP contribution in [-0.4, -0.2) is 58.9 Å². The highest BCUT2D eigenvalue weighted by Gasteiger charge is 2.25. The Labute approximate surface area is 177 Å². The molecule has 0 atom stereocenters. The summed E-state index contributed by atoms with van der Waals surface area (Å²) in [5.41, 5.74) is 2.95. The fourth-order valence-corrected chi connectivity index (χ4v) is 4.01. The first kappa shape index (κ1) is 20.2. The number of amides is 2. The Hall–Kier alpha value is -3.12. The highest BCUT2D eigenvalue weighted by atomic mass is 16.2. The minimum Gasteiger partial charge on any atom is -0.351 e. The van der Waals surface area contributed by atoms with Crippen molar-refractivity contribution in [1.82, 2.24) is 19.7 Å². The van der Waals surface area contributed by atoms with E-state index in [4.69, 9.17) is 0 Å². The topological polar surface area (TPSA) is 57.6 Å². The van der Waals surface area contributed by atoms with Gasteiger partial charge in [-0.2, -0.15) is 0 Å². The molecule has 6 nitrogen and oxygen atoms in total. The second-order valence-corrected chi connectivity index (χ2v) is 7.68. The lowest BCUT2D eigenvalue weighted by molar-refractivity contribution is -0.122. The van der Waals surface area contributed by atoms with Crippen LogP contribution in [0.1, 0.15) is 22.8 Å². The quantitative estimate of drug-likeness (QED) is 0.687. The third-order valence-electron chi connectivity index (χ3n) is 5.72. The van der Waals surface area contributed by atoms with Gasteiger partial charge in [0.15, 0.2) is 0 Å². The summed E-state index contributed by atoms with van der Waals surface area (Å²) in [5, 5.41) is 3.98. The smallest absolute Gasteiger partial charge is 0.256 e. The van der Waals surface area contributed by atoms with Crippen LogP contribution in [0.4, 0.5) is 0 Å². The third-order valence-corrected chi connectivity index (χ3v) is 5.72. The molecule has 30 heavy (non-hydrogen) atoms. The molecule has 1 aromatic heterocycles. The van der Waals surface area contributed by atoms with Gasteiger partial charge in [-0.25, -0.2) is 0 Å². The maximum atomic E-state index is 13.1. The van der Waals surface area contributed by atoms with Crippen LogP contribution in [0, 0.1) is 0 Å². The normalized spacial score (nSPS) is 14.8. The highest BCUT2D eigenvalue weighted by molar-refractivity contribution is 6.07. The second-order valence-electron chi connectivity index (χ2n) is 7.68. The van der Waals surface area contributed by atoms with Crippen molar-refractivity contribution >= 4 is 22.7 Å². The van der Waals surface area contributed by atoms with Crippen molar-refractivity contribution in [3.05, 3.63) is 71.9 Å². The number of para-hydroxylation sites is 1. The van der Waals surface area contributed by atoms with Crippen LogP contribution in [0.15, 0.2) is 60.8 Å². The predicted molar refractivity (Wildman–Crippen MR) is 118 cm³/mol. The van der Waals surface area contributed by atoms with Gasteiger partial charge in [-0.1, -0.05) is 48.5 Å². The van der Waals surface area contributed by atoms with Crippen LogP contribution in [0.2, 0.25) is 0 Å². The first-order valence-corrected chi connectivity index (χ1v) is 10.6. The minimum atomic E-state index is 0.0182. The molecule has 0 bridgehead atoms. The molecule has 2 amide bonds. The second kappa shape index (κ2) is 9.13. The van der Waals surface area contributed by atoms with E-state index < -0.39 is 0 Å². The highest BCUT2D eigenvalue weighted by Crippen LogP contribution is 2.23. The van der Waals surface area contributed by atoms with Gasteiger partial charge in [-0.05, 0) is 18.6 Å². The zero-order valence-electron chi connectivity index (χ0n) is 17.4. The fourth-order valence-electron chi connectivity index (χ4n) is 4.01. The number of nitrogens with one attached hydrogen (secondary N) is 1. The number of nitrogens with zero attached hydrogens (tertiary/aromatic N) is 3. The van der Waals surface area contributed by atoms with Crippen molar-refractivity contribution in [3.63, 3.8) is 0 Å². The Balaban J connectivity index is 1.31. The molecular weight excluding hydrogens is 376 g/mol. The number of benzene rings is 2. The monoisotopic (exact) mass is 404 g/mol. The molecule has 1 fully saturated rings. The number of carbonyl (C=O) groups is 2. The average Bonchev–Trinajstić information content (AvgIpc) is 3.17. The van der Waals surface area contributed by atoms with E-state index in [9.17, 15) is 9.59 Å². The number of hydrogen-bond acceptors (Lipinski definition) is 3. The lowest BCUT2D eigenvalue weighted by Gasteiger charge is -2.34. The van der Waals surface area contributed by atoms with Crippen LogP contribution in [0.25, 0.3) is 10.9 Å². The van der Waals surface area contributed by atoms with Crippen molar-refractivity contribution in [1.29, 1.82) is 0 Å². The van der Waals surface area contributed by atoms with Crippen LogP contribution >= 0.6 is 0 Å². The molecule has 156 valence electrons. The molecule has 0 saturated carbocycles. The largest absolute Gasteiger partial charge is 0.351 e. The molecule has 1 aliphatic rings. The fraction of sp³-hybridized carbons (Fsp3) is 0.333. The molecule has 0 radical (unpaired) electrons. The maximum absolute atomic E-state index is 13.1. The lowest BCUT2D eigenvalue weighted by Crippen LogP contribution is -2.51. The van der Waals surface area contributed by atoms with E-state index in [0.29, 0.717) is 39.3 Å². The van der Waals surface area contributed by atoms with Gasteiger partial charge in [-0.15, -0.1) is 0 Å². The van der Waals surface area contributed by atoms with Crippen LogP contribution in [0.3, 0.4) is 0 Å². The van der Waals surface area contributed by atoms with Crippen molar-refractivity contribution < 1.29 is 9.59 Å². The average molecular weight is 405 g/mol. The zero-order chi connectivity index (χ0) is 20.9. The Morgan fingerprint density at radius 3 is 2.37 bits per heavy atom. The third kappa shape index (κ3) is 4.39. The van der Waals surface area contributed by atoms with Crippen LogP contribution < -0.4 is 5.32 Å². The maximum Gasteiger partial charge on any atom is 0.256 e. The molecule has 0 spiro atoms. The Morgan fingerprint density at radius 1 is 0.933 bits per heavy atom. The van der Waals surface area contributed by atoms with Crippen LogP contribution in [-0.2, 0) is 17.9 Å². The van der Waals surface area contributed by atoms with E-state index in [1.807, 2.05) is 59.6 Å². The predicted octanol–water partition coefficient (Wildman–Crippen LogP) is 2.74. The summed E-state index contributed by atoms with van der Waals surface area (Å²) in [6, 6.07) is 18.0. The van der Waals surface area contributed by atoms with E-state index in [1.54, 1.807) is 0 Å². The zero-order valence-corrected chi connectivity index (χ0v) is 17.4. The first-order valence-electron chi connectivity index (χ1n) is 10.6. The molecule has 2 heterocycles. The SMILES string of the molecule is CCn1cc(C(=O)N2CCN(CC(=O)NCc3ccccc3)CC2)c2ccccc21. The summed E-state index contributed by atoms with van der Waals surface area (Å²) < 4.78 is 2.12. The molecule has 0 aliphatic carbocycles. The van der Waals surface area contributed by atoms with E-state index in [-0.39, 0.29) is 11.8 Å². The first-order chi connectivity index (χ1) is 14.7. The van der Waals surface area contributed by atoms with Gasteiger partial charge in [0.2, 0.25) is 5.91 Å². The molecule has 1 aliphatic heterocycles. The summed E-state index contributed by atoms with van der Waals surface area (Å²) in [4.78, 5) is 29.4. The van der Waals surface area contributed by atoms with Gasteiger partial charge < -0.3 is 14.8 Å². The summed E-state index contributed by atoms with van der Waals surface area (Å²) in [6.07, 6.45) is 1.97. The van der Waals surface area contributed by atoms with Gasteiger partial charge in [0, 0.05) is 56.4 Å². The number of hydrogen-bond donors (Lipinski definition) is 1. The van der Waals surface area contributed by atoms with Crippen molar-refractivity contribution in [2.75, 3.05) is 32.7 Å². The molecule has 1 saturated heterocycles. The molecule has 0 unspecified atom stereocenters. The summed E-state index contributed by atoms with van der Waals surface area (Å²) in [7, 11) is 0. The van der Waals surface area contributed by atoms with Gasteiger partial charge >= 0.3 is 0 Å². The van der Waals surface area contributed by atoms with Gasteiger partial charge in [0.25, 0.3) is 5.91 Å². The Bertz CT molecular complexity index is 1020. The molecule has 3 aromatic rings. The van der Waals surface area contributed by atoms with Gasteiger partial charge in [-0.3, -0.25) is 14.5 Å². The number of rotatable bonds is 6. The Morgan fingerprint density at radius 2 is 1.63 bits per heavy atom. The molecule has 2 aromatic carbocycles. The molecular formula is C24H28N4O2. The number of aromatic nitrogens is 1. The number of fused-ring (bicyclic) bond motifs is 1. The van der Waals surface area contributed by atoms with E-state index in [0.717, 1.165) is 28.6 Å². The number of aryl methyl sites for hydroxylation is 1.